The third kappa shape index (κ3) is 3.33. The number of nitrogens with zero attached hydrogens (tertiary/aromatic N) is 1. The first-order chi connectivity index (χ1) is 7.19. The van der Waals surface area contributed by atoms with E-state index in [9.17, 15) is 4.21 Å². The van der Waals surface area contributed by atoms with Crippen molar-refractivity contribution in [2.24, 2.45) is 0 Å². The summed E-state index contributed by atoms with van der Waals surface area (Å²) >= 11 is 5.81. The van der Waals surface area contributed by atoms with Gasteiger partial charge in [0.15, 0.2) is 0 Å². The summed E-state index contributed by atoms with van der Waals surface area (Å²) in [5.41, 5.74) is 0. The number of rotatable bonds is 4. The summed E-state index contributed by atoms with van der Waals surface area (Å²) < 4.78 is 12.0. The van der Waals surface area contributed by atoms with E-state index in [2.05, 4.69) is 6.07 Å². The molecule has 1 aromatic rings. The van der Waals surface area contributed by atoms with E-state index in [1.165, 1.54) is 0 Å². The van der Waals surface area contributed by atoms with Crippen LogP contribution in [0.4, 0.5) is 0 Å². The fourth-order valence-corrected chi connectivity index (χ4v) is 2.88. The van der Waals surface area contributed by atoms with Gasteiger partial charge in [0.1, 0.15) is 0 Å². The highest BCUT2D eigenvalue weighted by atomic mass is 35.5. The first kappa shape index (κ1) is 12.2. The summed E-state index contributed by atoms with van der Waals surface area (Å²) in [6, 6.07) is 9.05. The van der Waals surface area contributed by atoms with Gasteiger partial charge in [-0.2, -0.15) is 5.26 Å². The van der Waals surface area contributed by atoms with Crippen molar-refractivity contribution in [3.63, 3.8) is 0 Å². The molecule has 0 spiro atoms. The summed E-state index contributed by atoms with van der Waals surface area (Å²) in [6.07, 6.45) is 1.04. The van der Waals surface area contributed by atoms with Gasteiger partial charge in [0.25, 0.3) is 0 Å². The Labute approximate surface area is 97.3 Å². The topological polar surface area (TPSA) is 40.9 Å². The Kier molecular flexibility index (Phi) is 4.80. The maximum absolute atomic E-state index is 12.0. The zero-order valence-electron chi connectivity index (χ0n) is 8.44. The van der Waals surface area contributed by atoms with E-state index in [1.807, 2.05) is 6.92 Å². The Balaban J connectivity index is 2.88. The van der Waals surface area contributed by atoms with Crippen molar-refractivity contribution < 1.29 is 4.21 Å². The second-order valence-corrected chi connectivity index (χ2v) is 5.32. The molecule has 2 unspecified atom stereocenters. The molecule has 0 saturated heterocycles. The van der Waals surface area contributed by atoms with Crippen molar-refractivity contribution in [1.29, 1.82) is 5.26 Å². The van der Waals surface area contributed by atoms with Crippen molar-refractivity contribution in [1.82, 2.24) is 0 Å². The fourth-order valence-electron chi connectivity index (χ4n) is 1.26. The summed E-state index contributed by atoms with van der Waals surface area (Å²) in [6.45, 7) is 1.93. The molecule has 80 valence electrons. The van der Waals surface area contributed by atoms with Crippen molar-refractivity contribution in [2.45, 2.75) is 29.9 Å². The summed E-state index contributed by atoms with van der Waals surface area (Å²) in [5.74, 6) is 0. The Morgan fingerprint density at radius 3 is 2.87 bits per heavy atom. The summed E-state index contributed by atoms with van der Waals surface area (Å²) in [7, 11) is -1.14. The molecule has 15 heavy (non-hydrogen) atoms. The number of benzene rings is 1. The second kappa shape index (κ2) is 5.89. The Morgan fingerprint density at radius 1 is 1.60 bits per heavy atom. The molecule has 1 rings (SSSR count). The quantitative estimate of drug-likeness (QED) is 0.813. The molecule has 0 amide bonds. The Bertz CT molecular complexity index is 400. The number of hydrogen-bond donors (Lipinski definition) is 0. The van der Waals surface area contributed by atoms with Gasteiger partial charge in [-0.15, -0.1) is 0 Å². The molecule has 0 aliphatic carbocycles. The van der Waals surface area contributed by atoms with Gasteiger partial charge in [-0.1, -0.05) is 24.6 Å². The SMILES string of the molecule is CCC(CC#N)S(=O)c1cccc(Cl)c1. The molecular formula is C11H12ClNOS. The lowest BCUT2D eigenvalue weighted by Gasteiger charge is -2.10. The molecule has 0 aliphatic heterocycles. The van der Waals surface area contributed by atoms with Gasteiger partial charge < -0.3 is 0 Å². The van der Waals surface area contributed by atoms with Crippen LogP contribution < -0.4 is 0 Å². The van der Waals surface area contributed by atoms with E-state index in [0.29, 0.717) is 16.3 Å². The second-order valence-electron chi connectivity index (χ2n) is 3.15. The number of hydrogen-bond acceptors (Lipinski definition) is 2. The minimum atomic E-state index is -1.14. The molecule has 2 atom stereocenters. The van der Waals surface area contributed by atoms with Crippen LogP contribution in [0.1, 0.15) is 19.8 Å². The van der Waals surface area contributed by atoms with Gasteiger partial charge in [0, 0.05) is 16.3 Å². The lowest BCUT2D eigenvalue weighted by molar-refractivity contribution is 0.664. The van der Waals surface area contributed by atoms with Gasteiger partial charge >= 0.3 is 0 Å². The lowest BCUT2D eigenvalue weighted by atomic mass is 10.3. The molecule has 0 heterocycles. The van der Waals surface area contributed by atoms with E-state index < -0.39 is 10.8 Å². The minimum Gasteiger partial charge on any atom is -0.254 e. The van der Waals surface area contributed by atoms with Gasteiger partial charge in [0.05, 0.1) is 22.1 Å². The van der Waals surface area contributed by atoms with Gasteiger partial charge in [-0.3, -0.25) is 4.21 Å². The summed E-state index contributed by atoms with van der Waals surface area (Å²) in [4.78, 5) is 0.699. The lowest BCUT2D eigenvalue weighted by Crippen LogP contribution is -2.13. The van der Waals surface area contributed by atoms with Crippen LogP contribution in [0.25, 0.3) is 0 Å². The zero-order valence-corrected chi connectivity index (χ0v) is 10.0. The van der Waals surface area contributed by atoms with Crippen LogP contribution >= 0.6 is 11.6 Å². The Morgan fingerprint density at radius 2 is 2.33 bits per heavy atom. The molecular weight excluding hydrogens is 230 g/mol. The maximum atomic E-state index is 12.0. The predicted molar refractivity (Wildman–Crippen MR) is 62.2 cm³/mol. The van der Waals surface area contributed by atoms with Crippen LogP contribution in [0.3, 0.4) is 0 Å². The first-order valence-electron chi connectivity index (χ1n) is 4.72. The standard InChI is InChI=1S/C11H12ClNOS/c1-2-10(6-7-13)15(14)11-5-3-4-9(12)8-11/h3-5,8,10H,2,6H2,1H3. The predicted octanol–water partition coefficient (Wildman–Crippen LogP) is 3.14. The molecule has 4 heteroatoms. The van der Waals surface area contributed by atoms with Crippen LogP contribution in [-0.2, 0) is 10.8 Å². The van der Waals surface area contributed by atoms with Gasteiger partial charge in [-0.05, 0) is 24.6 Å². The maximum Gasteiger partial charge on any atom is 0.0634 e. The molecule has 0 N–H and O–H groups in total. The highest BCUT2D eigenvalue weighted by molar-refractivity contribution is 7.85. The molecule has 0 aliphatic rings. The molecule has 0 saturated carbocycles. The highest BCUT2D eigenvalue weighted by Crippen LogP contribution is 2.19. The average Bonchev–Trinajstić information content (AvgIpc) is 2.25. The monoisotopic (exact) mass is 241 g/mol. The van der Waals surface area contributed by atoms with Crippen LogP contribution in [0.2, 0.25) is 5.02 Å². The fraction of sp³-hybridized carbons (Fsp3) is 0.364. The normalized spacial score (nSPS) is 14.2. The smallest absolute Gasteiger partial charge is 0.0634 e. The van der Waals surface area contributed by atoms with Crippen molar-refractivity contribution >= 4 is 22.4 Å². The van der Waals surface area contributed by atoms with Gasteiger partial charge in [0.2, 0.25) is 0 Å². The molecule has 0 fully saturated rings. The third-order valence-corrected chi connectivity index (χ3v) is 4.16. The van der Waals surface area contributed by atoms with E-state index >= 15 is 0 Å². The third-order valence-electron chi connectivity index (χ3n) is 2.11. The summed E-state index contributed by atoms with van der Waals surface area (Å²) in [5, 5.41) is 9.08. The zero-order chi connectivity index (χ0) is 11.3. The first-order valence-corrected chi connectivity index (χ1v) is 6.31. The van der Waals surface area contributed by atoms with Crippen molar-refractivity contribution in [2.75, 3.05) is 0 Å². The molecule has 2 nitrogen and oxygen atoms in total. The van der Waals surface area contributed by atoms with E-state index in [1.54, 1.807) is 24.3 Å². The Hall–Kier alpha value is -0.850. The highest BCUT2D eigenvalue weighted by Gasteiger charge is 2.16. The molecule has 1 aromatic carbocycles. The van der Waals surface area contributed by atoms with E-state index in [-0.39, 0.29) is 5.25 Å². The molecule has 0 bridgehead atoms. The van der Waals surface area contributed by atoms with E-state index in [4.69, 9.17) is 16.9 Å². The van der Waals surface area contributed by atoms with Crippen LogP contribution in [0.5, 0.6) is 0 Å². The van der Waals surface area contributed by atoms with E-state index in [0.717, 1.165) is 6.42 Å². The number of halogens is 1. The van der Waals surface area contributed by atoms with Gasteiger partial charge in [-0.25, -0.2) is 0 Å². The molecule has 0 aromatic heterocycles. The minimum absolute atomic E-state index is 0.103. The van der Waals surface area contributed by atoms with Crippen molar-refractivity contribution in [3.8, 4) is 6.07 Å². The average molecular weight is 242 g/mol. The largest absolute Gasteiger partial charge is 0.254 e. The molecule has 0 radical (unpaired) electrons. The van der Waals surface area contributed by atoms with Crippen LogP contribution in [0, 0.1) is 11.3 Å². The van der Waals surface area contributed by atoms with Crippen molar-refractivity contribution in [3.05, 3.63) is 29.3 Å². The van der Waals surface area contributed by atoms with Crippen LogP contribution in [0.15, 0.2) is 29.2 Å². The van der Waals surface area contributed by atoms with Crippen LogP contribution in [-0.4, -0.2) is 9.46 Å². The number of nitriles is 1.